The maximum Gasteiger partial charge on any atom is 0.407 e. The molecule has 2 aromatic heterocycles. The SMILES string of the molecule is CC[C@H](C)NC(=O)O[C@@H]1CC[C@H](C2CC(NC(=O)Cc3ccc4nc(C)cn4n3)NN2)C1. The van der Waals surface area contributed by atoms with Crippen LogP contribution in [-0.2, 0) is 16.0 Å². The van der Waals surface area contributed by atoms with Gasteiger partial charge in [-0.2, -0.15) is 5.10 Å². The third-order valence-electron chi connectivity index (χ3n) is 6.35. The van der Waals surface area contributed by atoms with E-state index in [1.54, 1.807) is 4.52 Å². The molecule has 32 heavy (non-hydrogen) atoms. The van der Waals surface area contributed by atoms with E-state index in [0.717, 1.165) is 43.4 Å². The maximum absolute atomic E-state index is 12.5. The average Bonchev–Trinajstić information content (AvgIpc) is 3.46. The molecule has 4 rings (SSSR count). The number of nitrogens with zero attached hydrogens (tertiary/aromatic N) is 3. The summed E-state index contributed by atoms with van der Waals surface area (Å²) >= 11 is 0. The van der Waals surface area contributed by atoms with Gasteiger partial charge in [-0.15, -0.1) is 0 Å². The summed E-state index contributed by atoms with van der Waals surface area (Å²) in [5.41, 5.74) is 8.85. The normalized spacial score (nSPS) is 26.2. The molecule has 3 heterocycles. The Labute approximate surface area is 187 Å². The van der Waals surface area contributed by atoms with E-state index in [-0.39, 0.29) is 42.8 Å². The first-order chi connectivity index (χ1) is 15.4. The number of ether oxygens (including phenoxy) is 1. The highest BCUT2D eigenvalue weighted by Crippen LogP contribution is 2.32. The first kappa shape index (κ1) is 22.5. The number of imidazole rings is 1. The molecule has 2 amide bonds. The molecule has 0 spiro atoms. The van der Waals surface area contributed by atoms with Crippen molar-refractivity contribution in [2.75, 3.05) is 0 Å². The Kier molecular flexibility index (Phi) is 6.90. The number of aromatic nitrogens is 3. The van der Waals surface area contributed by atoms with Crippen LogP contribution in [-0.4, -0.2) is 51.0 Å². The van der Waals surface area contributed by atoms with Crippen LogP contribution in [0.3, 0.4) is 0 Å². The summed E-state index contributed by atoms with van der Waals surface area (Å²) in [5.74, 6) is 0.322. The van der Waals surface area contributed by atoms with Crippen LogP contribution < -0.4 is 21.5 Å². The van der Waals surface area contributed by atoms with Crippen molar-refractivity contribution >= 4 is 17.6 Å². The van der Waals surface area contributed by atoms with Gasteiger partial charge in [0.2, 0.25) is 5.91 Å². The van der Waals surface area contributed by atoms with Crippen molar-refractivity contribution in [3.8, 4) is 0 Å². The molecular weight excluding hydrogens is 410 g/mol. The summed E-state index contributed by atoms with van der Waals surface area (Å²) in [6.07, 6.45) is 5.90. The van der Waals surface area contributed by atoms with Crippen molar-refractivity contribution in [3.05, 3.63) is 29.7 Å². The molecule has 1 aliphatic heterocycles. The molecule has 0 bridgehead atoms. The van der Waals surface area contributed by atoms with Gasteiger partial charge in [0.25, 0.3) is 0 Å². The van der Waals surface area contributed by atoms with Gasteiger partial charge in [-0.1, -0.05) is 6.92 Å². The number of amides is 2. The lowest BCUT2D eigenvalue weighted by molar-refractivity contribution is -0.121. The first-order valence-electron chi connectivity index (χ1n) is 11.5. The second-order valence-electron chi connectivity index (χ2n) is 8.99. The number of hydrazine groups is 1. The number of aryl methyl sites for hydroxylation is 1. The van der Waals surface area contributed by atoms with Gasteiger partial charge in [0.1, 0.15) is 6.10 Å². The molecule has 2 unspecified atom stereocenters. The third-order valence-corrected chi connectivity index (χ3v) is 6.35. The number of rotatable bonds is 7. The Balaban J connectivity index is 1.21. The van der Waals surface area contributed by atoms with E-state index >= 15 is 0 Å². The Morgan fingerprint density at radius 3 is 2.94 bits per heavy atom. The molecule has 0 radical (unpaired) electrons. The second kappa shape index (κ2) is 9.83. The number of hydrogen-bond acceptors (Lipinski definition) is 7. The van der Waals surface area contributed by atoms with Gasteiger partial charge in [0, 0.05) is 12.1 Å². The minimum absolute atomic E-state index is 0.0488. The molecule has 2 fully saturated rings. The number of fused-ring (bicyclic) bond motifs is 1. The fourth-order valence-corrected chi connectivity index (χ4v) is 4.46. The Hall–Kier alpha value is -2.72. The lowest BCUT2D eigenvalue weighted by Gasteiger charge is -2.19. The average molecular weight is 444 g/mol. The smallest absolute Gasteiger partial charge is 0.407 e. The summed E-state index contributed by atoms with van der Waals surface area (Å²) < 4.78 is 7.28. The standard InChI is InChI=1S/C22H33N7O3/c1-4-13(2)24-22(31)32-17-7-5-15(9-17)18-11-19(27-26-18)25-21(30)10-16-6-8-20-23-14(3)12-29(20)28-16/h6,8,12-13,15,17-19,26-27H,4-5,7,9-11H2,1-3H3,(H,24,31)(H,25,30)/t13-,15-,17+,18?,19?/m0/s1. The van der Waals surface area contributed by atoms with E-state index < -0.39 is 0 Å². The number of nitrogens with one attached hydrogen (secondary N) is 4. The quantitative estimate of drug-likeness (QED) is 0.513. The molecule has 0 aromatic carbocycles. The molecular formula is C22H33N7O3. The fraction of sp³-hybridized carbons (Fsp3) is 0.636. The molecule has 1 saturated carbocycles. The summed E-state index contributed by atoms with van der Waals surface area (Å²) in [4.78, 5) is 28.8. The summed E-state index contributed by atoms with van der Waals surface area (Å²) in [7, 11) is 0. The molecule has 5 atom stereocenters. The zero-order valence-corrected chi connectivity index (χ0v) is 18.9. The van der Waals surface area contributed by atoms with Crippen molar-refractivity contribution in [1.29, 1.82) is 0 Å². The first-order valence-corrected chi connectivity index (χ1v) is 11.5. The number of alkyl carbamates (subject to hydrolysis) is 1. The largest absolute Gasteiger partial charge is 0.446 e. The highest BCUT2D eigenvalue weighted by Gasteiger charge is 2.37. The van der Waals surface area contributed by atoms with Crippen molar-refractivity contribution in [1.82, 2.24) is 36.1 Å². The van der Waals surface area contributed by atoms with Crippen LogP contribution in [0.2, 0.25) is 0 Å². The molecule has 4 N–H and O–H groups in total. The van der Waals surface area contributed by atoms with Crippen molar-refractivity contribution in [2.45, 2.75) is 83.6 Å². The van der Waals surface area contributed by atoms with Crippen molar-refractivity contribution in [2.24, 2.45) is 5.92 Å². The van der Waals surface area contributed by atoms with Crippen LogP contribution in [0.15, 0.2) is 18.3 Å². The molecule has 2 aliphatic rings. The topological polar surface area (TPSA) is 122 Å². The van der Waals surface area contributed by atoms with Gasteiger partial charge in [0.15, 0.2) is 5.65 Å². The monoisotopic (exact) mass is 443 g/mol. The van der Waals surface area contributed by atoms with Crippen LogP contribution in [0.5, 0.6) is 0 Å². The molecule has 174 valence electrons. The Bertz CT molecular complexity index is 962. The lowest BCUT2D eigenvalue weighted by atomic mass is 9.96. The van der Waals surface area contributed by atoms with Crippen LogP contribution in [0.4, 0.5) is 4.79 Å². The van der Waals surface area contributed by atoms with E-state index in [1.165, 1.54) is 0 Å². The Morgan fingerprint density at radius 2 is 2.12 bits per heavy atom. The predicted octanol–water partition coefficient (Wildman–Crippen LogP) is 1.58. The summed E-state index contributed by atoms with van der Waals surface area (Å²) in [6, 6.07) is 4.05. The van der Waals surface area contributed by atoms with Gasteiger partial charge >= 0.3 is 6.09 Å². The molecule has 10 heteroatoms. The van der Waals surface area contributed by atoms with Gasteiger partial charge in [-0.3, -0.25) is 10.2 Å². The van der Waals surface area contributed by atoms with E-state index in [9.17, 15) is 9.59 Å². The van der Waals surface area contributed by atoms with Crippen LogP contribution >= 0.6 is 0 Å². The van der Waals surface area contributed by atoms with Crippen LogP contribution in [0.1, 0.15) is 57.3 Å². The van der Waals surface area contributed by atoms with Crippen molar-refractivity contribution < 1.29 is 14.3 Å². The fourth-order valence-electron chi connectivity index (χ4n) is 4.46. The van der Waals surface area contributed by atoms with E-state index in [0.29, 0.717) is 11.6 Å². The van der Waals surface area contributed by atoms with E-state index in [4.69, 9.17) is 4.74 Å². The lowest BCUT2D eigenvalue weighted by Crippen LogP contribution is -2.45. The highest BCUT2D eigenvalue weighted by molar-refractivity contribution is 5.78. The summed E-state index contributed by atoms with van der Waals surface area (Å²) in [6.45, 7) is 5.91. The molecule has 1 saturated heterocycles. The minimum atomic E-state index is -0.328. The predicted molar refractivity (Wildman–Crippen MR) is 119 cm³/mol. The number of hydrogen-bond donors (Lipinski definition) is 4. The molecule has 10 nitrogen and oxygen atoms in total. The molecule has 2 aromatic rings. The van der Waals surface area contributed by atoms with Gasteiger partial charge in [-0.25, -0.2) is 19.7 Å². The van der Waals surface area contributed by atoms with Gasteiger partial charge < -0.3 is 15.4 Å². The van der Waals surface area contributed by atoms with E-state index in [1.807, 2.05) is 39.1 Å². The molecule has 1 aliphatic carbocycles. The zero-order valence-electron chi connectivity index (χ0n) is 18.9. The number of carbonyl (C=O) groups is 2. The minimum Gasteiger partial charge on any atom is -0.446 e. The zero-order chi connectivity index (χ0) is 22.7. The Morgan fingerprint density at radius 1 is 1.28 bits per heavy atom. The summed E-state index contributed by atoms with van der Waals surface area (Å²) in [5, 5.41) is 10.3. The van der Waals surface area contributed by atoms with Crippen LogP contribution in [0, 0.1) is 12.8 Å². The van der Waals surface area contributed by atoms with Crippen molar-refractivity contribution in [3.63, 3.8) is 0 Å². The van der Waals surface area contributed by atoms with E-state index in [2.05, 4.69) is 31.6 Å². The highest BCUT2D eigenvalue weighted by atomic mass is 16.6. The third kappa shape index (κ3) is 5.55. The van der Waals surface area contributed by atoms with Gasteiger partial charge in [0.05, 0.1) is 30.2 Å². The number of carbonyl (C=O) groups excluding carboxylic acids is 2. The second-order valence-corrected chi connectivity index (χ2v) is 8.99. The maximum atomic E-state index is 12.5. The van der Waals surface area contributed by atoms with Gasteiger partial charge in [-0.05, 0) is 64.0 Å². The van der Waals surface area contributed by atoms with Crippen LogP contribution in [0.25, 0.3) is 5.65 Å².